The Hall–Kier alpha value is -0.570. The largest absolute Gasteiger partial charge is 0.352 e. The zero-order valence-electron chi connectivity index (χ0n) is 14.6. The molecule has 2 rings (SSSR count). The molecule has 2 saturated carbocycles. The van der Waals surface area contributed by atoms with Gasteiger partial charge in [-0.25, -0.2) is 0 Å². The molecule has 1 amide bonds. The van der Waals surface area contributed by atoms with Gasteiger partial charge in [0, 0.05) is 12.1 Å². The Morgan fingerprint density at radius 2 is 1.52 bits per heavy atom. The minimum atomic E-state index is -0.0831. The number of rotatable bonds is 4. The van der Waals surface area contributed by atoms with Gasteiger partial charge in [0.25, 0.3) is 0 Å². The highest BCUT2D eigenvalue weighted by molar-refractivity contribution is 5.81. The highest BCUT2D eigenvalue weighted by Crippen LogP contribution is 2.45. The van der Waals surface area contributed by atoms with Crippen molar-refractivity contribution >= 4 is 5.91 Å². The predicted octanol–water partition coefficient (Wildman–Crippen LogP) is 3.63. The zero-order chi connectivity index (χ0) is 15.7. The lowest BCUT2D eigenvalue weighted by molar-refractivity contribution is -0.123. The molecule has 0 aromatic rings. The van der Waals surface area contributed by atoms with Crippen molar-refractivity contribution in [3.05, 3.63) is 0 Å². The van der Waals surface area contributed by atoms with Crippen LogP contribution in [0.2, 0.25) is 0 Å². The van der Waals surface area contributed by atoms with Gasteiger partial charge in [-0.05, 0) is 49.9 Å². The lowest BCUT2D eigenvalue weighted by Crippen LogP contribution is -2.52. The Labute approximate surface area is 130 Å². The molecule has 0 aromatic heterocycles. The molecule has 0 aliphatic heterocycles. The van der Waals surface area contributed by atoms with Crippen LogP contribution in [-0.2, 0) is 4.79 Å². The molecular weight excluding hydrogens is 260 g/mol. The van der Waals surface area contributed by atoms with Crippen molar-refractivity contribution in [3.8, 4) is 0 Å². The molecule has 3 nitrogen and oxygen atoms in total. The maximum absolute atomic E-state index is 12.3. The fourth-order valence-corrected chi connectivity index (χ4v) is 4.79. The Bertz CT molecular complexity index is 353. The molecular formula is C18H34N2O. The first-order valence-corrected chi connectivity index (χ1v) is 8.73. The molecule has 2 N–H and O–H groups in total. The van der Waals surface area contributed by atoms with Gasteiger partial charge in [-0.2, -0.15) is 0 Å². The van der Waals surface area contributed by atoms with E-state index in [1.807, 2.05) is 6.92 Å². The molecule has 21 heavy (non-hydrogen) atoms. The predicted molar refractivity (Wildman–Crippen MR) is 88.2 cm³/mol. The number of nitrogens with one attached hydrogen (secondary N) is 2. The summed E-state index contributed by atoms with van der Waals surface area (Å²) in [6.45, 7) is 11.4. The number of carbonyl (C=O) groups is 1. The van der Waals surface area contributed by atoms with Crippen molar-refractivity contribution in [1.82, 2.24) is 10.6 Å². The topological polar surface area (TPSA) is 41.1 Å². The SMILES string of the molecule is CC(NC1CC(C)(C)CC(C)(C)C1)C(=O)NC1CCCC1. The zero-order valence-corrected chi connectivity index (χ0v) is 14.6. The first-order chi connectivity index (χ1) is 9.67. The van der Waals surface area contributed by atoms with E-state index in [2.05, 4.69) is 38.3 Å². The Morgan fingerprint density at radius 1 is 1.00 bits per heavy atom. The monoisotopic (exact) mass is 294 g/mol. The smallest absolute Gasteiger partial charge is 0.237 e. The van der Waals surface area contributed by atoms with E-state index in [1.54, 1.807) is 0 Å². The van der Waals surface area contributed by atoms with Crippen LogP contribution >= 0.6 is 0 Å². The van der Waals surface area contributed by atoms with Crippen molar-refractivity contribution in [3.63, 3.8) is 0 Å². The maximum atomic E-state index is 12.3. The minimum absolute atomic E-state index is 0.0831. The van der Waals surface area contributed by atoms with E-state index in [-0.39, 0.29) is 11.9 Å². The van der Waals surface area contributed by atoms with Gasteiger partial charge in [-0.1, -0.05) is 40.5 Å². The van der Waals surface area contributed by atoms with Gasteiger partial charge >= 0.3 is 0 Å². The van der Waals surface area contributed by atoms with Gasteiger partial charge in [0.2, 0.25) is 5.91 Å². The van der Waals surface area contributed by atoms with E-state index in [1.165, 1.54) is 19.3 Å². The van der Waals surface area contributed by atoms with E-state index in [9.17, 15) is 4.79 Å². The molecule has 1 atom stereocenters. The molecule has 1 unspecified atom stereocenters. The van der Waals surface area contributed by atoms with E-state index in [0.717, 1.165) is 25.7 Å². The van der Waals surface area contributed by atoms with Crippen LogP contribution in [0.3, 0.4) is 0 Å². The molecule has 0 spiro atoms. The second-order valence-corrected chi connectivity index (χ2v) is 8.99. The van der Waals surface area contributed by atoms with Gasteiger partial charge in [0.15, 0.2) is 0 Å². The third kappa shape index (κ3) is 4.98. The summed E-state index contributed by atoms with van der Waals surface area (Å²) in [5.41, 5.74) is 0.724. The lowest BCUT2D eigenvalue weighted by Gasteiger charge is -2.45. The van der Waals surface area contributed by atoms with Gasteiger partial charge in [0.05, 0.1) is 6.04 Å². The van der Waals surface area contributed by atoms with Crippen LogP contribution in [0.15, 0.2) is 0 Å². The van der Waals surface area contributed by atoms with E-state index >= 15 is 0 Å². The Morgan fingerprint density at radius 3 is 2.05 bits per heavy atom. The third-order valence-corrected chi connectivity index (χ3v) is 5.14. The standard InChI is InChI=1S/C18H34N2O/c1-13(16(21)20-14-8-6-7-9-14)19-15-10-17(2,3)12-18(4,5)11-15/h13-15,19H,6-12H2,1-5H3,(H,20,21). The van der Waals surface area contributed by atoms with Gasteiger partial charge < -0.3 is 10.6 Å². The quantitative estimate of drug-likeness (QED) is 0.831. The Balaban J connectivity index is 1.86. The average Bonchev–Trinajstić information content (AvgIpc) is 2.76. The Kier molecular flexibility index (Phi) is 5.02. The summed E-state index contributed by atoms with van der Waals surface area (Å²) in [7, 11) is 0. The summed E-state index contributed by atoms with van der Waals surface area (Å²) in [6, 6.07) is 0.786. The van der Waals surface area contributed by atoms with Crippen LogP contribution in [0, 0.1) is 10.8 Å². The number of amides is 1. The van der Waals surface area contributed by atoms with Crippen molar-refractivity contribution in [2.45, 2.75) is 97.7 Å². The van der Waals surface area contributed by atoms with Gasteiger partial charge in [0.1, 0.15) is 0 Å². The molecule has 0 heterocycles. The van der Waals surface area contributed by atoms with Crippen molar-refractivity contribution in [1.29, 1.82) is 0 Å². The molecule has 2 fully saturated rings. The van der Waals surface area contributed by atoms with Crippen LogP contribution in [0.25, 0.3) is 0 Å². The molecule has 3 heteroatoms. The van der Waals surface area contributed by atoms with Crippen molar-refractivity contribution < 1.29 is 4.79 Å². The lowest BCUT2D eigenvalue weighted by atomic mass is 9.63. The summed E-state index contributed by atoms with van der Waals surface area (Å²) in [5, 5.41) is 6.80. The van der Waals surface area contributed by atoms with E-state index in [4.69, 9.17) is 0 Å². The van der Waals surface area contributed by atoms with E-state index in [0.29, 0.717) is 22.9 Å². The van der Waals surface area contributed by atoms with Crippen molar-refractivity contribution in [2.75, 3.05) is 0 Å². The fraction of sp³-hybridized carbons (Fsp3) is 0.944. The van der Waals surface area contributed by atoms with Crippen LogP contribution in [0.5, 0.6) is 0 Å². The molecule has 0 aromatic carbocycles. The van der Waals surface area contributed by atoms with Crippen LogP contribution in [-0.4, -0.2) is 24.0 Å². The summed E-state index contributed by atoms with van der Waals surface area (Å²) in [5.74, 6) is 0.183. The average molecular weight is 294 g/mol. The third-order valence-electron chi connectivity index (χ3n) is 5.14. The first-order valence-electron chi connectivity index (χ1n) is 8.73. The van der Waals surface area contributed by atoms with Crippen LogP contribution in [0.4, 0.5) is 0 Å². The number of carbonyl (C=O) groups excluding carboxylic acids is 1. The number of hydrogen-bond donors (Lipinski definition) is 2. The van der Waals surface area contributed by atoms with Gasteiger partial charge in [-0.3, -0.25) is 4.79 Å². The molecule has 0 saturated heterocycles. The fourth-order valence-electron chi connectivity index (χ4n) is 4.79. The first kappa shape index (κ1) is 16.8. The minimum Gasteiger partial charge on any atom is -0.352 e. The summed E-state index contributed by atoms with van der Waals surface area (Å²) < 4.78 is 0. The van der Waals surface area contributed by atoms with E-state index < -0.39 is 0 Å². The second-order valence-electron chi connectivity index (χ2n) is 8.99. The van der Waals surface area contributed by atoms with Crippen molar-refractivity contribution in [2.24, 2.45) is 10.8 Å². The molecule has 0 bridgehead atoms. The van der Waals surface area contributed by atoms with Gasteiger partial charge in [-0.15, -0.1) is 0 Å². The summed E-state index contributed by atoms with van der Waals surface area (Å²) >= 11 is 0. The normalized spacial score (nSPS) is 27.5. The summed E-state index contributed by atoms with van der Waals surface area (Å²) in [6.07, 6.45) is 8.43. The molecule has 2 aliphatic rings. The molecule has 122 valence electrons. The molecule has 2 aliphatic carbocycles. The summed E-state index contributed by atoms with van der Waals surface area (Å²) in [4.78, 5) is 12.3. The maximum Gasteiger partial charge on any atom is 0.237 e. The van der Waals surface area contributed by atoms with Crippen LogP contribution in [0.1, 0.15) is 79.6 Å². The highest BCUT2D eigenvalue weighted by atomic mass is 16.2. The van der Waals surface area contributed by atoms with Crippen LogP contribution < -0.4 is 10.6 Å². The number of hydrogen-bond acceptors (Lipinski definition) is 2. The highest BCUT2D eigenvalue weighted by Gasteiger charge is 2.39. The molecule has 0 radical (unpaired) electrons. The second kappa shape index (κ2) is 6.28.